The normalized spacial score (nSPS) is 10.6. The predicted octanol–water partition coefficient (Wildman–Crippen LogP) is 3.06. The van der Waals surface area contributed by atoms with Crippen molar-refractivity contribution in [2.75, 3.05) is 19.1 Å². The van der Waals surface area contributed by atoms with E-state index in [0.29, 0.717) is 16.9 Å². The molecule has 0 bridgehead atoms. The fourth-order valence-corrected chi connectivity index (χ4v) is 2.57. The van der Waals surface area contributed by atoms with Gasteiger partial charge in [-0.05, 0) is 24.5 Å². The Labute approximate surface area is 129 Å². The minimum Gasteiger partial charge on any atom is -0.494 e. The van der Waals surface area contributed by atoms with Crippen molar-refractivity contribution in [1.29, 1.82) is 0 Å². The lowest BCUT2D eigenvalue weighted by Crippen LogP contribution is -2.03. The zero-order chi connectivity index (χ0) is 15.2. The molecular weight excluding hydrogens is 315 g/mol. The third-order valence-corrected chi connectivity index (χ3v) is 3.87. The van der Waals surface area contributed by atoms with E-state index in [1.807, 2.05) is 6.26 Å². The molecule has 2 rings (SSSR count). The van der Waals surface area contributed by atoms with Gasteiger partial charge in [-0.3, -0.25) is 4.79 Å². The molecule has 0 saturated heterocycles. The number of aromatic nitrogens is 2. The maximum absolute atomic E-state index is 13.5. The Hall–Kier alpha value is -1.54. The molecule has 0 aliphatic carbocycles. The van der Waals surface area contributed by atoms with E-state index in [1.165, 1.54) is 19.2 Å². The zero-order valence-corrected chi connectivity index (χ0v) is 13.1. The fraction of sp³-hybridized carbons (Fsp3) is 0.308. The van der Waals surface area contributed by atoms with E-state index < -0.39 is 5.82 Å². The average Bonchev–Trinajstić information content (AvgIpc) is 2.93. The van der Waals surface area contributed by atoms with Gasteiger partial charge >= 0.3 is 0 Å². The van der Waals surface area contributed by atoms with Gasteiger partial charge in [0.15, 0.2) is 17.3 Å². The molecule has 0 radical (unpaired) electrons. The molecular formula is C13H13FN2O3S2. The number of nitrogens with zero attached hydrogens (tertiary/aromatic N) is 2. The molecule has 0 unspecified atom stereocenters. The highest BCUT2D eigenvalue weighted by Gasteiger charge is 2.13. The Balaban J connectivity index is 1.96. The van der Waals surface area contributed by atoms with Gasteiger partial charge in [-0.25, -0.2) is 4.39 Å². The van der Waals surface area contributed by atoms with Crippen molar-refractivity contribution in [3.63, 3.8) is 0 Å². The molecule has 0 fully saturated rings. The fourth-order valence-electron chi connectivity index (χ4n) is 1.53. The minimum absolute atomic E-state index is 0.104. The van der Waals surface area contributed by atoms with E-state index in [1.54, 1.807) is 11.8 Å². The van der Waals surface area contributed by atoms with E-state index in [2.05, 4.69) is 10.2 Å². The minimum atomic E-state index is -0.562. The third-order valence-electron chi connectivity index (χ3n) is 2.52. The Bertz CT molecular complexity index is 634. The van der Waals surface area contributed by atoms with Crippen LogP contribution >= 0.6 is 23.5 Å². The molecule has 0 aliphatic heterocycles. The van der Waals surface area contributed by atoms with E-state index in [0.717, 1.165) is 17.8 Å². The molecule has 2 aromatic rings. The number of hydrogen-bond acceptors (Lipinski definition) is 7. The summed E-state index contributed by atoms with van der Waals surface area (Å²) in [7, 11) is 1.37. The molecule has 112 valence electrons. The largest absolute Gasteiger partial charge is 0.494 e. The molecule has 0 atom stereocenters. The summed E-state index contributed by atoms with van der Waals surface area (Å²) in [6.45, 7) is 0. The van der Waals surface area contributed by atoms with Gasteiger partial charge in [0.05, 0.1) is 18.6 Å². The second-order valence-corrected chi connectivity index (χ2v) is 5.75. The number of Topliss-reactive ketones (excluding diaryl/α,β-unsaturated/α-hetero) is 1. The first-order valence-electron chi connectivity index (χ1n) is 5.95. The topological polar surface area (TPSA) is 65.2 Å². The van der Waals surface area contributed by atoms with Crippen LogP contribution in [0.3, 0.4) is 0 Å². The standard InChI is InChI=1S/C13H13FN2O3S2/c1-18-11-4-3-8(5-9(11)14)10(17)6-21-13-16-15-12(19-13)7-20-2/h3-5H,6-7H2,1-2H3. The molecule has 1 aromatic heterocycles. The first-order chi connectivity index (χ1) is 10.1. The monoisotopic (exact) mass is 328 g/mol. The molecule has 0 spiro atoms. The van der Waals surface area contributed by atoms with E-state index in [9.17, 15) is 9.18 Å². The van der Waals surface area contributed by atoms with Crippen molar-refractivity contribution in [3.05, 3.63) is 35.5 Å². The number of carbonyl (C=O) groups excluding carboxylic acids is 1. The van der Waals surface area contributed by atoms with Gasteiger partial charge in [0, 0.05) is 5.56 Å². The number of carbonyl (C=O) groups is 1. The summed E-state index contributed by atoms with van der Waals surface area (Å²) in [5, 5.41) is 8.01. The Morgan fingerprint density at radius 2 is 2.24 bits per heavy atom. The Morgan fingerprint density at radius 1 is 1.43 bits per heavy atom. The number of ether oxygens (including phenoxy) is 1. The van der Waals surface area contributed by atoms with Crippen LogP contribution in [-0.4, -0.2) is 35.1 Å². The van der Waals surface area contributed by atoms with Crippen molar-refractivity contribution < 1.29 is 18.3 Å². The van der Waals surface area contributed by atoms with Crippen LogP contribution in [0, 0.1) is 5.82 Å². The lowest BCUT2D eigenvalue weighted by atomic mass is 10.1. The van der Waals surface area contributed by atoms with Crippen LogP contribution in [0.15, 0.2) is 27.8 Å². The van der Waals surface area contributed by atoms with Crippen LogP contribution in [0.1, 0.15) is 16.2 Å². The Morgan fingerprint density at radius 3 is 2.90 bits per heavy atom. The first-order valence-corrected chi connectivity index (χ1v) is 8.33. The van der Waals surface area contributed by atoms with Gasteiger partial charge in [0.25, 0.3) is 5.22 Å². The summed E-state index contributed by atoms with van der Waals surface area (Å²) in [6.07, 6.45) is 1.93. The van der Waals surface area contributed by atoms with Gasteiger partial charge < -0.3 is 9.15 Å². The summed E-state index contributed by atoms with van der Waals surface area (Å²) in [4.78, 5) is 12.0. The molecule has 1 heterocycles. The quantitative estimate of drug-likeness (QED) is 0.571. The number of rotatable bonds is 7. The summed E-state index contributed by atoms with van der Waals surface area (Å²) in [5.74, 6) is 0.586. The molecule has 0 amide bonds. The predicted molar refractivity (Wildman–Crippen MR) is 79.5 cm³/mol. The van der Waals surface area contributed by atoms with E-state index in [-0.39, 0.29) is 22.8 Å². The third kappa shape index (κ3) is 4.21. The van der Waals surface area contributed by atoms with Crippen LogP contribution in [0.2, 0.25) is 0 Å². The highest BCUT2D eigenvalue weighted by Crippen LogP contribution is 2.22. The smallest absolute Gasteiger partial charge is 0.277 e. The molecule has 0 N–H and O–H groups in total. The second-order valence-electron chi connectivity index (χ2n) is 3.96. The van der Waals surface area contributed by atoms with Crippen molar-refractivity contribution in [3.8, 4) is 5.75 Å². The summed E-state index contributed by atoms with van der Waals surface area (Å²) in [6, 6.07) is 4.11. The van der Waals surface area contributed by atoms with Gasteiger partial charge in [-0.15, -0.1) is 10.2 Å². The van der Waals surface area contributed by atoms with Crippen LogP contribution in [-0.2, 0) is 5.75 Å². The van der Waals surface area contributed by atoms with Crippen LogP contribution in [0.25, 0.3) is 0 Å². The second kappa shape index (κ2) is 7.46. The molecule has 0 saturated carbocycles. The van der Waals surface area contributed by atoms with Crippen molar-refractivity contribution in [2.45, 2.75) is 11.0 Å². The number of ketones is 1. The van der Waals surface area contributed by atoms with Crippen molar-refractivity contribution in [2.24, 2.45) is 0 Å². The lowest BCUT2D eigenvalue weighted by Gasteiger charge is -2.03. The maximum atomic E-state index is 13.5. The maximum Gasteiger partial charge on any atom is 0.277 e. The van der Waals surface area contributed by atoms with Crippen LogP contribution < -0.4 is 4.74 Å². The molecule has 5 nitrogen and oxygen atoms in total. The molecule has 21 heavy (non-hydrogen) atoms. The van der Waals surface area contributed by atoms with Gasteiger partial charge in [-0.1, -0.05) is 11.8 Å². The van der Waals surface area contributed by atoms with Crippen molar-refractivity contribution >= 4 is 29.3 Å². The number of halogens is 1. The van der Waals surface area contributed by atoms with Gasteiger partial charge in [0.2, 0.25) is 5.89 Å². The molecule has 8 heteroatoms. The van der Waals surface area contributed by atoms with Crippen molar-refractivity contribution in [1.82, 2.24) is 10.2 Å². The van der Waals surface area contributed by atoms with E-state index in [4.69, 9.17) is 9.15 Å². The summed E-state index contributed by atoms with van der Waals surface area (Å²) in [5.41, 5.74) is 0.282. The average molecular weight is 328 g/mol. The number of hydrogen-bond donors (Lipinski definition) is 0. The number of benzene rings is 1. The lowest BCUT2D eigenvalue weighted by molar-refractivity contribution is 0.102. The SMILES string of the molecule is COc1ccc(C(=O)CSc2nnc(CSC)o2)cc1F. The van der Waals surface area contributed by atoms with Gasteiger partial charge in [-0.2, -0.15) is 11.8 Å². The highest BCUT2D eigenvalue weighted by molar-refractivity contribution is 7.99. The Kier molecular flexibility index (Phi) is 5.63. The summed E-state index contributed by atoms with van der Waals surface area (Å²) < 4.78 is 23.7. The van der Waals surface area contributed by atoms with Crippen LogP contribution in [0.4, 0.5) is 4.39 Å². The number of thioether (sulfide) groups is 2. The number of methoxy groups -OCH3 is 1. The summed E-state index contributed by atoms with van der Waals surface area (Å²) >= 11 is 2.70. The zero-order valence-electron chi connectivity index (χ0n) is 11.5. The first kappa shape index (κ1) is 15.8. The highest BCUT2D eigenvalue weighted by atomic mass is 32.2. The molecule has 1 aromatic carbocycles. The van der Waals surface area contributed by atoms with Gasteiger partial charge in [0.1, 0.15) is 0 Å². The van der Waals surface area contributed by atoms with Crippen LogP contribution in [0.5, 0.6) is 5.75 Å². The molecule has 0 aliphatic rings. The van der Waals surface area contributed by atoms with E-state index >= 15 is 0 Å².